The van der Waals surface area contributed by atoms with Crippen LogP contribution in [0.5, 0.6) is 11.5 Å². The number of aromatic nitrogens is 1. The zero-order valence-electron chi connectivity index (χ0n) is 27.1. The van der Waals surface area contributed by atoms with E-state index in [1.807, 2.05) is 0 Å². The van der Waals surface area contributed by atoms with Crippen molar-refractivity contribution >= 4 is 54.1 Å². The molecule has 1 aliphatic heterocycles. The fourth-order valence-corrected chi connectivity index (χ4v) is 8.23. The first-order valence-corrected chi connectivity index (χ1v) is 17.2. The molecular formula is C48H29NO. The van der Waals surface area contributed by atoms with Crippen molar-refractivity contribution in [2.45, 2.75) is 0 Å². The Morgan fingerprint density at radius 3 is 1.54 bits per heavy atom. The molecule has 1 aromatic heterocycles. The maximum atomic E-state index is 6.34. The Morgan fingerprint density at radius 2 is 0.880 bits per heavy atom. The van der Waals surface area contributed by atoms with Crippen molar-refractivity contribution in [3.63, 3.8) is 0 Å². The highest BCUT2D eigenvalue weighted by molar-refractivity contribution is 6.28. The van der Waals surface area contributed by atoms with Crippen LogP contribution in [0.4, 0.5) is 0 Å². The summed E-state index contributed by atoms with van der Waals surface area (Å²) < 4.78 is 8.76. The topological polar surface area (TPSA) is 14.2 Å². The second-order valence-corrected chi connectivity index (χ2v) is 13.3. The van der Waals surface area contributed by atoms with Crippen LogP contribution in [0.3, 0.4) is 0 Å². The van der Waals surface area contributed by atoms with Crippen molar-refractivity contribution in [1.29, 1.82) is 0 Å². The SMILES string of the molecule is c1cc2c3c(cccc3c1)-c1cc(-c3ccc(-c4ccc(-n5c6ccc7ccccc7c6c6c7ccccc7ccc65)cc4)cc3)ccc1O2. The summed E-state index contributed by atoms with van der Waals surface area (Å²) in [5.74, 6) is 1.83. The fraction of sp³-hybridized carbons (Fsp3) is 0. The smallest absolute Gasteiger partial charge is 0.135 e. The third-order valence-electron chi connectivity index (χ3n) is 10.6. The molecule has 0 saturated heterocycles. The predicted molar refractivity (Wildman–Crippen MR) is 210 cm³/mol. The minimum absolute atomic E-state index is 0.904. The van der Waals surface area contributed by atoms with Crippen LogP contribution in [-0.4, -0.2) is 4.57 Å². The van der Waals surface area contributed by atoms with E-state index in [-0.39, 0.29) is 0 Å². The maximum Gasteiger partial charge on any atom is 0.135 e. The number of hydrogen-bond donors (Lipinski definition) is 0. The van der Waals surface area contributed by atoms with Crippen molar-refractivity contribution in [1.82, 2.24) is 4.57 Å². The third kappa shape index (κ3) is 3.96. The van der Waals surface area contributed by atoms with Crippen molar-refractivity contribution in [3.05, 3.63) is 176 Å². The van der Waals surface area contributed by atoms with Crippen molar-refractivity contribution in [3.8, 4) is 50.6 Å². The molecule has 9 aromatic carbocycles. The van der Waals surface area contributed by atoms with Crippen LogP contribution < -0.4 is 4.74 Å². The lowest BCUT2D eigenvalue weighted by Crippen LogP contribution is -1.97. The summed E-state index contributed by atoms with van der Waals surface area (Å²) in [6.07, 6.45) is 0. The number of rotatable bonds is 3. The zero-order chi connectivity index (χ0) is 32.8. The van der Waals surface area contributed by atoms with Gasteiger partial charge in [0.05, 0.1) is 11.0 Å². The van der Waals surface area contributed by atoms with E-state index in [2.05, 4.69) is 180 Å². The van der Waals surface area contributed by atoms with Gasteiger partial charge in [-0.25, -0.2) is 0 Å². The summed E-state index contributed by atoms with van der Waals surface area (Å²) in [6.45, 7) is 0. The average Bonchev–Trinajstić information content (AvgIpc) is 3.54. The fourth-order valence-electron chi connectivity index (χ4n) is 8.23. The third-order valence-corrected chi connectivity index (χ3v) is 10.6. The highest BCUT2D eigenvalue weighted by atomic mass is 16.5. The van der Waals surface area contributed by atoms with Gasteiger partial charge >= 0.3 is 0 Å². The maximum absolute atomic E-state index is 6.34. The predicted octanol–water partition coefficient (Wildman–Crippen LogP) is 13.3. The van der Waals surface area contributed by atoms with Crippen LogP contribution in [0.15, 0.2) is 176 Å². The highest BCUT2D eigenvalue weighted by Gasteiger charge is 2.21. The van der Waals surface area contributed by atoms with Crippen LogP contribution in [0.25, 0.3) is 93.2 Å². The number of benzene rings is 9. The van der Waals surface area contributed by atoms with Gasteiger partial charge in [-0.3, -0.25) is 0 Å². The van der Waals surface area contributed by atoms with E-state index in [1.165, 1.54) is 81.9 Å². The molecule has 0 fully saturated rings. The molecule has 0 bridgehead atoms. The first-order valence-electron chi connectivity index (χ1n) is 17.2. The lowest BCUT2D eigenvalue weighted by atomic mass is 9.92. The molecular weight excluding hydrogens is 607 g/mol. The molecule has 0 N–H and O–H groups in total. The monoisotopic (exact) mass is 635 g/mol. The number of hydrogen-bond acceptors (Lipinski definition) is 1. The van der Waals surface area contributed by atoms with Gasteiger partial charge in [0.1, 0.15) is 11.5 Å². The summed E-state index contributed by atoms with van der Waals surface area (Å²) in [4.78, 5) is 0. The van der Waals surface area contributed by atoms with Gasteiger partial charge in [-0.15, -0.1) is 0 Å². The van der Waals surface area contributed by atoms with Crippen LogP contribution in [0, 0.1) is 0 Å². The lowest BCUT2D eigenvalue weighted by molar-refractivity contribution is 0.487. The van der Waals surface area contributed by atoms with E-state index in [0.29, 0.717) is 0 Å². The molecule has 10 aromatic rings. The molecule has 1 aliphatic rings. The Morgan fingerprint density at radius 1 is 0.340 bits per heavy atom. The van der Waals surface area contributed by atoms with E-state index in [9.17, 15) is 0 Å². The Bertz CT molecular complexity index is 2890. The number of ether oxygens (including phenoxy) is 1. The molecule has 232 valence electrons. The van der Waals surface area contributed by atoms with E-state index >= 15 is 0 Å². The van der Waals surface area contributed by atoms with Gasteiger partial charge in [0, 0.05) is 27.4 Å². The molecule has 0 spiro atoms. The summed E-state index contributed by atoms with van der Waals surface area (Å²) >= 11 is 0. The Balaban J connectivity index is 0.977. The molecule has 0 saturated carbocycles. The molecule has 11 rings (SSSR count). The van der Waals surface area contributed by atoms with Gasteiger partial charge in [-0.05, 0) is 97.2 Å². The van der Waals surface area contributed by atoms with Gasteiger partial charge in [0.25, 0.3) is 0 Å². The van der Waals surface area contributed by atoms with Gasteiger partial charge in [-0.2, -0.15) is 0 Å². The van der Waals surface area contributed by atoms with E-state index in [0.717, 1.165) is 22.7 Å². The van der Waals surface area contributed by atoms with E-state index in [1.54, 1.807) is 0 Å². The second kappa shape index (κ2) is 10.4. The zero-order valence-corrected chi connectivity index (χ0v) is 27.1. The lowest BCUT2D eigenvalue weighted by Gasteiger charge is -2.22. The largest absolute Gasteiger partial charge is 0.456 e. The van der Waals surface area contributed by atoms with Gasteiger partial charge in [0.2, 0.25) is 0 Å². The molecule has 0 aliphatic carbocycles. The minimum atomic E-state index is 0.904. The summed E-state index contributed by atoms with van der Waals surface area (Å²) in [6, 6.07) is 63.8. The van der Waals surface area contributed by atoms with Crippen LogP contribution in [0.1, 0.15) is 0 Å². The van der Waals surface area contributed by atoms with Crippen molar-refractivity contribution in [2.75, 3.05) is 0 Å². The Labute approximate surface area is 289 Å². The quantitative estimate of drug-likeness (QED) is 0.188. The van der Waals surface area contributed by atoms with E-state index < -0.39 is 0 Å². The molecule has 0 amide bonds. The normalized spacial score (nSPS) is 12.2. The van der Waals surface area contributed by atoms with Crippen LogP contribution in [-0.2, 0) is 0 Å². The average molecular weight is 636 g/mol. The first kappa shape index (κ1) is 27.3. The molecule has 0 unspecified atom stereocenters. The summed E-state index contributed by atoms with van der Waals surface area (Å²) in [5.41, 5.74) is 10.7. The highest BCUT2D eigenvalue weighted by Crippen LogP contribution is 2.47. The number of fused-ring (bicyclic) bond motifs is 9. The van der Waals surface area contributed by atoms with Gasteiger partial charge < -0.3 is 9.30 Å². The second-order valence-electron chi connectivity index (χ2n) is 13.3. The van der Waals surface area contributed by atoms with E-state index in [4.69, 9.17) is 4.74 Å². The van der Waals surface area contributed by atoms with Crippen LogP contribution in [0.2, 0.25) is 0 Å². The van der Waals surface area contributed by atoms with Gasteiger partial charge in [-0.1, -0.05) is 133 Å². The summed E-state index contributed by atoms with van der Waals surface area (Å²) in [5, 5.41) is 10.1. The van der Waals surface area contributed by atoms with Crippen molar-refractivity contribution in [2.24, 2.45) is 0 Å². The van der Waals surface area contributed by atoms with Gasteiger partial charge in [0.15, 0.2) is 0 Å². The Hall–Kier alpha value is -6.64. The number of nitrogens with zero attached hydrogens (tertiary/aromatic N) is 1. The minimum Gasteiger partial charge on any atom is -0.456 e. The molecule has 0 atom stereocenters. The molecule has 0 radical (unpaired) electrons. The van der Waals surface area contributed by atoms with Crippen molar-refractivity contribution < 1.29 is 4.74 Å². The molecule has 2 heteroatoms. The molecule has 2 heterocycles. The standard InChI is InChI=1S/C48H29NO/c1-3-11-38-33(7-1)21-26-42-47(38)48-39-12-4-2-8-34(39)22-27-43(48)49(42)37-24-19-31(20-25-37)30-15-17-32(18-16-30)36-23-28-44-41(29-36)40-13-5-9-35-10-6-14-45(50-44)46(35)40/h1-29H. The molecule has 50 heavy (non-hydrogen) atoms. The van der Waals surface area contributed by atoms with Crippen LogP contribution >= 0.6 is 0 Å². The Kier molecular flexibility index (Phi) is 5.70. The molecule has 2 nitrogen and oxygen atoms in total. The summed E-state index contributed by atoms with van der Waals surface area (Å²) in [7, 11) is 0. The first-order chi connectivity index (χ1) is 24.8.